The van der Waals surface area contributed by atoms with Gasteiger partial charge in [0.1, 0.15) is 0 Å². The summed E-state index contributed by atoms with van der Waals surface area (Å²) < 4.78 is 27.9. The predicted molar refractivity (Wildman–Crippen MR) is 115 cm³/mol. The second-order valence-corrected chi connectivity index (χ2v) is 10.2. The molecule has 2 aromatic carbocycles. The van der Waals surface area contributed by atoms with Gasteiger partial charge in [-0.25, -0.2) is 13.1 Å². The van der Waals surface area contributed by atoms with Gasteiger partial charge in [-0.3, -0.25) is 0 Å². The van der Waals surface area contributed by atoms with Crippen molar-refractivity contribution in [2.75, 3.05) is 5.32 Å². The predicted octanol–water partition coefficient (Wildman–Crippen LogP) is 5.51. The van der Waals surface area contributed by atoms with Crippen LogP contribution in [0.5, 0.6) is 0 Å². The Morgan fingerprint density at radius 3 is 2.54 bits per heavy atom. The lowest BCUT2D eigenvalue weighted by Gasteiger charge is -2.38. The fourth-order valence-electron chi connectivity index (χ4n) is 4.21. The van der Waals surface area contributed by atoms with E-state index >= 15 is 0 Å². The van der Waals surface area contributed by atoms with Crippen molar-refractivity contribution < 1.29 is 8.42 Å². The van der Waals surface area contributed by atoms with E-state index in [1.54, 1.807) is 12.1 Å². The average Bonchev–Trinajstić information content (AvgIpc) is 3.10. The van der Waals surface area contributed by atoms with Gasteiger partial charge in [-0.15, -0.1) is 0 Å². The standard InChI is InChI=1S/C21H22Cl2N2O2S/c1-12(2)25-28(26,27)13-9-10-19-16(11-13)14-5-3-6-15(14)21(24-19)20-17(22)7-4-8-18(20)23/h3-5,7-12,14-15,21,24-25H,6H2,1-2H3. The van der Waals surface area contributed by atoms with Crippen molar-refractivity contribution in [2.45, 2.75) is 43.2 Å². The monoisotopic (exact) mass is 436 g/mol. The first kappa shape index (κ1) is 19.8. The van der Waals surface area contributed by atoms with E-state index in [1.807, 2.05) is 38.1 Å². The van der Waals surface area contributed by atoms with Crippen LogP contribution in [0.15, 0.2) is 53.4 Å². The third kappa shape index (κ3) is 3.45. The fourth-order valence-corrected chi connectivity index (χ4v) is 6.13. The van der Waals surface area contributed by atoms with Crippen LogP contribution in [0.3, 0.4) is 0 Å². The van der Waals surface area contributed by atoms with Crippen molar-refractivity contribution in [2.24, 2.45) is 5.92 Å². The number of benzene rings is 2. The van der Waals surface area contributed by atoms with Gasteiger partial charge in [0.05, 0.1) is 10.9 Å². The summed E-state index contributed by atoms with van der Waals surface area (Å²) in [5.74, 6) is 0.337. The topological polar surface area (TPSA) is 58.2 Å². The highest BCUT2D eigenvalue weighted by atomic mass is 35.5. The number of rotatable bonds is 4. The van der Waals surface area contributed by atoms with Crippen LogP contribution in [0.25, 0.3) is 0 Å². The molecule has 2 aliphatic rings. The first-order valence-corrected chi connectivity index (χ1v) is 11.5. The van der Waals surface area contributed by atoms with Crippen LogP contribution >= 0.6 is 23.2 Å². The van der Waals surface area contributed by atoms with E-state index in [0.717, 1.165) is 23.2 Å². The third-order valence-corrected chi connectivity index (χ3v) is 7.66. The highest BCUT2D eigenvalue weighted by Crippen LogP contribution is 2.52. The Kier molecular flexibility index (Phi) is 5.21. The van der Waals surface area contributed by atoms with Crippen molar-refractivity contribution in [3.8, 4) is 0 Å². The molecule has 1 aliphatic heterocycles. The van der Waals surface area contributed by atoms with E-state index in [4.69, 9.17) is 23.2 Å². The average molecular weight is 437 g/mol. The quantitative estimate of drug-likeness (QED) is 0.621. The van der Waals surface area contributed by atoms with Crippen molar-refractivity contribution in [1.29, 1.82) is 0 Å². The molecule has 2 aromatic rings. The largest absolute Gasteiger partial charge is 0.378 e. The molecule has 0 saturated heterocycles. The van der Waals surface area contributed by atoms with Crippen LogP contribution < -0.4 is 10.0 Å². The summed E-state index contributed by atoms with van der Waals surface area (Å²) in [5, 5.41) is 4.84. The van der Waals surface area contributed by atoms with Gasteiger partial charge in [0.2, 0.25) is 10.0 Å². The molecule has 0 saturated carbocycles. The minimum Gasteiger partial charge on any atom is -0.378 e. The van der Waals surface area contributed by atoms with Crippen molar-refractivity contribution in [1.82, 2.24) is 4.72 Å². The molecule has 3 atom stereocenters. The summed E-state index contributed by atoms with van der Waals surface area (Å²) in [6.45, 7) is 3.62. The first-order valence-electron chi connectivity index (χ1n) is 9.31. The number of allylic oxidation sites excluding steroid dienone is 2. The summed E-state index contributed by atoms with van der Waals surface area (Å²) >= 11 is 13.0. The maximum atomic E-state index is 12.6. The Balaban J connectivity index is 1.77. The second kappa shape index (κ2) is 7.38. The molecule has 0 aromatic heterocycles. The molecule has 148 valence electrons. The summed E-state index contributed by atoms with van der Waals surface area (Å²) in [6.07, 6.45) is 5.19. The van der Waals surface area contributed by atoms with E-state index in [2.05, 4.69) is 22.2 Å². The molecule has 0 radical (unpaired) electrons. The van der Waals surface area contributed by atoms with E-state index in [1.165, 1.54) is 0 Å². The summed E-state index contributed by atoms with van der Waals surface area (Å²) in [6, 6.07) is 10.6. The fraction of sp³-hybridized carbons (Fsp3) is 0.333. The van der Waals surface area contributed by atoms with Crippen molar-refractivity contribution in [3.05, 3.63) is 69.7 Å². The zero-order valence-electron chi connectivity index (χ0n) is 15.6. The molecule has 2 N–H and O–H groups in total. The lowest BCUT2D eigenvalue weighted by molar-refractivity contribution is 0.425. The highest BCUT2D eigenvalue weighted by Gasteiger charge is 2.40. The van der Waals surface area contributed by atoms with Gasteiger partial charge in [0.15, 0.2) is 0 Å². The van der Waals surface area contributed by atoms with Gasteiger partial charge in [0.25, 0.3) is 0 Å². The van der Waals surface area contributed by atoms with Gasteiger partial charge in [-0.05, 0) is 62.1 Å². The minimum absolute atomic E-state index is 0.0371. The molecule has 0 bridgehead atoms. The molecule has 28 heavy (non-hydrogen) atoms. The smallest absolute Gasteiger partial charge is 0.240 e. The number of hydrogen-bond acceptors (Lipinski definition) is 3. The third-order valence-electron chi connectivity index (χ3n) is 5.35. The van der Waals surface area contributed by atoms with E-state index in [-0.39, 0.29) is 28.8 Å². The van der Waals surface area contributed by atoms with Crippen LogP contribution in [-0.4, -0.2) is 14.5 Å². The number of fused-ring (bicyclic) bond motifs is 3. The number of anilines is 1. The molecule has 0 spiro atoms. The number of halogens is 2. The number of sulfonamides is 1. The van der Waals surface area contributed by atoms with Gasteiger partial charge < -0.3 is 5.32 Å². The molecular weight excluding hydrogens is 415 g/mol. The zero-order chi connectivity index (χ0) is 20.1. The van der Waals surface area contributed by atoms with E-state index in [9.17, 15) is 8.42 Å². The van der Waals surface area contributed by atoms with E-state index in [0.29, 0.717) is 10.0 Å². The minimum atomic E-state index is -3.54. The van der Waals surface area contributed by atoms with Crippen LogP contribution in [-0.2, 0) is 10.0 Å². The van der Waals surface area contributed by atoms with Crippen LogP contribution in [0.1, 0.15) is 43.4 Å². The maximum Gasteiger partial charge on any atom is 0.240 e. The maximum absolute atomic E-state index is 12.6. The van der Waals surface area contributed by atoms with Crippen LogP contribution in [0, 0.1) is 5.92 Å². The summed E-state index contributed by atoms with van der Waals surface area (Å²) in [5.41, 5.74) is 2.80. The Morgan fingerprint density at radius 1 is 1.14 bits per heavy atom. The highest BCUT2D eigenvalue weighted by molar-refractivity contribution is 7.89. The zero-order valence-corrected chi connectivity index (χ0v) is 17.9. The molecular formula is C21H22Cl2N2O2S. The molecule has 4 nitrogen and oxygen atoms in total. The Labute approximate surface area is 176 Å². The van der Waals surface area contributed by atoms with Crippen LogP contribution in [0.4, 0.5) is 5.69 Å². The second-order valence-electron chi connectivity index (χ2n) is 7.64. The SMILES string of the molecule is CC(C)NS(=O)(=O)c1ccc2c(c1)C1C=CCC1C(c1c(Cl)cccc1Cl)N2. The van der Waals surface area contributed by atoms with Gasteiger partial charge in [-0.1, -0.05) is 41.4 Å². The lowest BCUT2D eigenvalue weighted by Crippen LogP contribution is -2.32. The summed E-state index contributed by atoms with van der Waals surface area (Å²) in [4.78, 5) is 0.287. The van der Waals surface area contributed by atoms with Crippen molar-refractivity contribution in [3.63, 3.8) is 0 Å². The molecule has 4 rings (SSSR count). The first-order chi connectivity index (χ1) is 13.3. The van der Waals surface area contributed by atoms with Gasteiger partial charge in [-0.2, -0.15) is 0 Å². The van der Waals surface area contributed by atoms with Gasteiger partial charge in [0, 0.05) is 33.3 Å². The van der Waals surface area contributed by atoms with Crippen LogP contribution in [0.2, 0.25) is 10.0 Å². The van der Waals surface area contributed by atoms with Gasteiger partial charge >= 0.3 is 0 Å². The normalized spacial score (nSPS) is 23.4. The Morgan fingerprint density at radius 2 is 1.86 bits per heavy atom. The molecule has 1 heterocycles. The molecule has 1 aliphatic carbocycles. The Bertz CT molecular complexity index is 1030. The number of hydrogen-bond donors (Lipinski definition) is 2. The number of nitrogens with one attached hydrogen (secondary N) is 2. The molecule has 0 amide bonds. The van der Waals surface area contributed by atoms with Crippen molar-refractivity contribution >= 4 is 38.9 Å². The molecule has 0 fully saturated rings. The molecule has 7 heteroatoms. The summed E-state index contributed by atoms with van der Waals surface area (Å²) in [7, 11) is -3.54. The lowest BCUT2D eigenvalue weighted by atomic mass is 9.77. The Hall–Kier alpha value is -1.53. The molecule has 3 unspecified atom stereocenters. The van der Waals surface area contributed by atoms with E-state index < -0.39 is 10.0 Å².